The lowest BCUT2D eigenvalue weighted by Crippen LogP contribution is -2.49. The van der Waals surface area contributed by atoms with Gasteiger partial charge in [-0.15, -0.1) is 0 Å². The van der Waals surface area contributed by atoms with Gasteiger partial charge in [0, 0.05) is 19.6 Å². The molecular formula is C12H26N4. The highest BCUT2D eigenvalue weighted by Gasteiger charge is 2.29. The molecule has 4 nitrogen and oxygen atoms in total. The van der Waals surface area contributed by atoms with Crippen molar-refractivity contribution in [2.45, 2.75) is 46.5 Å². The molecule has 0 amide bonds. The predicted octanol–water partition coefficient (Wildman–Crippen LogP) is 1.73. The first kappa shape index (κ1) is 13.3. The highest BCUT2D eigenvalue weighted by molar-refractivity contribution is 5.79. The molecule has 0 aromatic carbocycles. The van der Waals surface area contributed by atoms with Crippen LogP contribution in [0.15, 0.2) is 4.99 Å². The Hall–Kier alpha value is -0.770. The van der Waals surface area contributed by atoms with E-state index in [1.807, 2.05) is 0 Å². The number of rotatable bonds is 3. The molecule has 0 saturated carbocycles. The molecule has 1 fully saturated rings. The number of nitrogens with two attached hydrogens (primary N) is 1. The maximum atomic E-state index is 5.52. The number of hydrazine groups is 1. The van der Waals surface area contributed by atoms with Crippen LogP contribution in [0, 0.1) is 5.41 Å². The van der Waals surface area contributed by atoms with Gasteiger partial charge in [0.15, 0.2) is 0 Å². The lowest BCUT2D eigenvalue weighted by Gasteiger charge is -2.39. The lowest BCUT2D eigenvalue weighted by atomic mass is 9.78. The van der Waals surface area contributed by atoms with E-state index >= 15 is 0 Å². The highest BCUT2D eigenvalue weighted by atomic mass is 15.4. The van der Waals surface area contributed by atoms with E-state index in [0.29, 0.717) is 5.41 Å². The van der Waals surface area contributed by atoms with Gasteiger partial charge in [-0.2, -0.15) is 0 Å². The largest absolute Gasteiger partial charge is 0.342 e. The molecule has 0 unspecified atom stereocenters. The van der Waals surface area contributed by atoms with Gasteiger partial charge >= 0.3 is 0 Å². The SMILES string of the molecule is CCCN=C(NN)N1CCC(C)(CC)CC1. The molecule has 16 heavy (non-hydrogen) atoms. The number of nitrogens with one attached hydrogen (secondary N) is 1. The molecule has 0 radical (unpaired) electrons. The van der Waals surface area contributed by atoms with E-state index in [1.54, 1.807) is 0 Å². The number of nitrogens with zero attached hydrogens (tertiary/aromatic N) is 2. The Balaban J connectivity index is 2.51. The standard InChI is InChI=1S/C12H26N4/c1-4-8-14-11(15-13)16-9-6-12(3,5-2)7-10-16/h4-10,13H2,1-3H3,(H,14,15). The van der Waals surface area contributed by atoms with Crippen molar-refractivity contribution in [3.8, 4) is 0 Å². The van der Waals surface area contributed by atoms with Crippen molar-refractivity contribution in [1.29, 1.82) is 0 Å². The van der Waals surface area contributed by atoms with Crippen LogP contribution in [-0.4, -0.2) is 30.5 Å². The molecular weight excluding hydrogens is 200 g/mol. The third-order valence-electron chi connectivity index (χ3n) is 3.74. The second-order valence-corrected chi connectivity index (χ2v) is 5.00. The van der Waals surface area contributed by atoms with Crippen molar-refractivity contribution in [2.24, 2.45) is 16.3 Å². The smallest absolute Gasteiger partial charge is 0.208 e. The zero-order chi connectivity index (χ0) is 12.0. The first-order chi connectivity index (χ1) is 7.65. The molecule has 0 bridgehead atoms. The Morgan fingerprint density at radius 1 is 1.38 bits per heavy atom. The molecule has 1 heterocycles. The fourth-order valence-corrected chi connectivity index (χ4v) is 2.07. The average Bonchev–Trinajstić information content (AvgIpc) is 2.32. The minimum absolute atomic E-state index is 0.515. The van der Waals surface area contributed by atoms with Gasteiger partial charge < -0.3 is 4.90 Å². The van der Waals surface area contributed by atoms with Crippen LogP contribution >= 0.6 is 0 Å². The number of hydrogen-bond donors (Lipinski definition) is 2. The molecule has 0 aliphatic carbocycles. The molecule has 4 heteroatoms. The van der Waals surface area contributed by atoms with Crippen LogP contribution in [0.25, 0.3) is 0 Å². The number of likely N-dealkylation sites (tertiary alicyclic amines) is 1. The second kappa shape index (κ2) is 6.09. The second-order valence-electron chi connectivity index (χ2n) is 5.00. The van der Waals surface area contributed by atoms with Crippen LogP contribution in [-0.2, 0) is 0 Å². The maximum Gasteiger partial charge on any atom is 0.208 e. The van der Waals surface area contributed by atoms with Crippen molar-refractivity contribution in [3.63, 3.8) is 0 Å². The van der Waals surface area contributed by atoms with Gasteiger partial charge in [-0.25, -0.2) is 5.84 Å². The van der Waals surface area contributed by atoms with Gasteiger partial charge in [0.1, 0.15) is 0 Å². The third kappa shape index (κ3) is 3.37. The normalized spacial score (nSPS) is 21.0. The van der Waals surface area contributed by atoms with Gasteiger partial charge in [-0.1, -0.05) is 27.2 Å². The summed E-state index contributed by atoms with van der Waals surface area (Å²) in [6.07, 6.45) is 4.79. The summed E-state index contributed by atoms with van der Waals surface area (Å²) < 4.78 is 0. The molecule has 94 valence electrons. The van der Waals surface area contributed by atoms with Gasteiger partial charge in [-0.05, 0) is 24.7 Å². The molecule has 0 aromatic rings. The summed E-state index contributed by atoms with van der Waals surface area (Å²) in [6, 6.07) is 0. The molecule has 1 aliphatic heterocycles. The fourth-order valence-electron chi connectivity index (χ4n) is 2.07. The Kier molecular flexibility index (Phi) is 5.06. The number of aliphatic imine (C=N–C) groups is 1. The monoisotopic (exact) mass is 226 g/mol. The number of guanidine groups is 1. The molecule has 1 saturated heterocycles. The first-order valence-electron chi connectivity index (χ1n) is 6.41. The topological polar surface area (TPSA) is 53.6 Å². The summed E-state index contributed by atoms with van der Waals surface area (Å²) in [7, 11) is 0. The minimum Gasteiger partial charge on any atom is -0.342 e. The molecule has 0 spiro atoms. The van der Waals surface area contributed by atoms with Crippen LogP contribution in [0.1, 0.15) is 46.5 Å². The number of hydrogen-bond acceptors (Lipinski definition) is 2. The molecule has 1 rings (SSSR count). The Labute approximate surface area is 99.3 Å². The van der Waals surface area contributed by atoms with E-state index in [0.717, 1.165) is 32.0 Å². The first-order valence-corrected chi connectivity index (χ1v) is 6.41. The van der Waals surface area contributed by atoms with Crippen molar-refractivity contribution >= 4 is 5.96 Å². The van der Waals surface area contributed by atoms with E-state index in [4.69, 9.17) is 5.84 Å². The molecule has 1 aliphatic rings. The van der Waals surface area contributed by atoms with Gasteiger partial charge in [-0.3, -0.25) is 10.4 Å². The van der Waals surface area contributed by atoms with Crippen molar-refractivity contribution in [1.82, 2.24) is 10.3 Å². The molecule has 0 atom stereocenters. The summed E-state index contributed by atoms with van der Waals surface area (Å²) in [5, 5.41) is 0. The van der Waals surface area contributed by atoms with E-state index < -0.39 is 0 Å². The Morgan fingerprint density at radius 3 is 2.44 bits per heavy atom. The zero-order valence-electron chi connectivity index (χ0n) is 10.9. The Bertz CT molecular complexity index is 229. The van der Waals surface area contributed by atoms with Gasteiger partial charge in [0.25, 0.3) is 0 Å². The quantitative estimate of drug-likeness (QED) is 0.333. The summed E-state index contributed by atoms with van der Waals surface area (Å²) in [5.41, 5.74) is 3.24. The fraction of sp³-hybridized carbons (Fsp3) is 0.917. The van der Waals surface area contributed by atoms with E-state index in [9.17, 15) is 0 Å². The summed E-state index contributed by atoms with van der Waals surface area (Å²) >= 11 is 0. The summed E-state index contributed by atoms with van der Waals surface area (Å²) in [6.45, 7) is 9.77. The summed E-state index contributed by atoms with van der Waals surface area (Å²) in [5.74, 6) is 6.38. The molecule has 0 aromatic heterocycles. The summed E-state index contributed by atoms with van der Waals surface area (Å²) in [4.78, 5) is 6.74. The minimum atomic E-state index is 0.515. The van der Waals surface area contributed by atoms with Crippen molar-refractivity contribution in [2.75, 3.05) is 19.6 Å². The van der Waals surface area contributed by atoms with Crippen LogP contribution < -0.4 is 11.3 Å². The van der Waals surface area contributed by atoms with E-state index in [2.05, 4.69) is 36.1 Å². The maximum absolute atomic E-state index is 5.52. The van der Waals surface area contributed by atoms with Crippen molar-refractivity contribution in [3.05, 3.63) is 0 Å². The lowest BCUT2D eigenvalue weighted by molar-refractivity contribution is 0.159. The number of piperidine rings is 1. The van der Waals surface area contributed by atoms with Crippen LogP contribution in [0.5, 0.6) is 0 Å². The average molecular weight is 226 g/mol. The van der Waals surface area contributed by atoms with Crippen LogP contribution in [0.4, 0.5) is 0 Å². The van der Waals surface area contributed by atoms with E-state index in [-0.39, 0.29) is 0 Å². The van der Waals surface area contributed by atoms with Gasteiger partial charge in [0.2, 0.25) is 5.96 Å². The Morgan fingerprint density at radius 2 is 2.00 bits per heavy atom. The zero-order valence-corrected chi connectivity index (χ0v) is 10.9. The van der Waals surface area contributed by atoms with Gasteiger partial charge in [0.05, 0.1) is 0 Å². The predicted molar refractivity (Wildman–Crippen MR) is 69.1 cm³/mol. The molecule has 3 N–H and O–H groups in total. The highest BCUT2D eigenvalue weighted by Crippen LogP contribution is 2.33. The van der Waals surface area contributed by atoms with E-state index in [1.165, 1.54) is 19.3 Å². The van der Waals surface area contributed by atoms with Crippen LogP contribution in [0.3, 0.4) is 0 Å². The van der Waals surface area contributed by atoms with Crippen LogP contribution in [0.2, 0.25) is 0 Å². The van der Waals surface area contributed by atoms with Crippen molar-refractivity contribution < 1.29 is 0 Å². The third-order valence-corrected chi connectivity index (χ3v) is 3.74.